The quantitative estimate of drug-likeness (QED) is 0.779. The molecule has 18 heavy (non-hydrogen) atoms. The molecule has 0 radical (unpaired) electrons. The molecule has 1 aromatic rings. The largest absolute Gasteiger partial charge is 0.506 e. The minimum atomic E-state index is -2.83. The molecule has 0 aromatic carbocycles. The van der Waals surface area contributed by atoms with Crippen LogP contribution in [0.4, 0.5) is 8.78 Å². The second kappa shape index (κ2) is 6.25. The van der Waals surface area contributed by atoms with Crippen LogP contribution in [0.2, 0.25) is 0 Å². The molecule has 0 aliphatic carbocycles. The first-order valence-corrected chi connectivity index (χ1v) is 5.34. The van der Waals surface area contributed by atoms with E-state index in [1.54, 1.807) is 6.92 Å². The number of pyridine rings is 1. The Kier molecular flexibility index (Phi) is 4.96. The second-order valence-electron chi connectivity index (χ2n) is 3.47. The zero-order valence-electron chi connectivity index (χ0n) is 9.82. The van der Waals surface area contributed by atoms with Gasteiger partial charge in [0.15, 0.2) is 0 Å². The van der Waals surface area contributed by atoms with E-state index in [9.17, 15) is 18.7 Å². The number of rotatable bonds is 5. The number of carbonyl (C=O) groups is 1. The van der Waals surface area contributed by atoms with E-state index in [1.165, 1.54) is 0 Å². The summed E-state index contributed by atoms with van der Waals surface area (Å²) in [5, 5.41) is 9.75. The van der Waals surface area contributed by atoms with Crippen molar-refractivity contribution in [2.24, 2.45) is 5.73 Å². The Hall–Kier alpha value is -1.76. The lowest BCUT2D eigenvalue weighted by molar-refractivity contribution is -0.142. The summed E-state index contributed by atoms with van der Waals surface area (Å²) in [4.78, 5) is 14.9. The molecule has 0 amide bonds. The predicted molar refractivity (Wildman–Crippen MR) is 59.1 cm³/mol. The Morgan fingerprint density at radius 1 is 1.61 bits per heavy atom. The van der Waals surface area contributed by atoms with Crippen molar-refractivity contribution in [1.29, 1.82) is 0 Å². The molecule has 0 aliphatic heterocycles. The van der Waals surface area contributed by atoms with E-state index in [2.05, 4.69) is 9.72 Å². The Labute approximate surface area is 103 Å². The average Bonchev–Trinajstić information content (AvgIpc) is 2.31. The third-order valence-corrected chi connectivity index (χ3v) is 2.32. The van der Waals surface area contributed by atoms with Gasteiger partial charge in [-0.3, -0.25) is 9.78 Å². The molecule has 0 bridgehead atoms. The van der Waals surface area contributed by atoms with Crippen molar-refractivity contribution in [3.05, 3.63) is 23.0 Å². The van der Waals surface area contributed by atoms with Gasteiger partial charge in [0.25, 0.3) is 6.43 Å². The number of carbonyl (C=O) groups excluding carboxylic acids is 1. The number of hydrogen-bond acceptors (Lipinski definition) is 5. The molecule has 0 saturated carbocycles. The molecule has 0 saturated heterocycles. The molecule has 100 valence electrons. The van der Waals surface area contributed by atoms with Crippen molar-refractivity contribution < 1.29 is 23.4 Å². The van der Waals surface area contributed by atoms with Crippen molar-refractivity contribution >= 4 is 5.97 Å². The molecule has 0 fully saturated rings. The normalized spacial score (nSPS) is 10.7. The van der Waals surface area contributed by atoms with E-state index < -0.39 is 30.1 Å². The Morgan fingerprint density at radius 3 is 2.78 bits per heavy atom. The maximum atomic E-state index is 12.7. The summed E-state index contributed by atoms with van der Waals surface area (Å²) in [6.45, 7) is 1.63. The molecule has 1 rings (SSSR count). The molecule has 0 atom stereocenters. The van der Waals surface area contributed by atoms with Crippen LogP contribution in [0.5, 0.6) is 5.75 Å². The van der Waals surface area contributed by atoms with Crippen LogP contribution in [-0.4, -0.2) is 22.7 Å². The minimum absolute atomic E-state index is 0.0682. The Balaban J connectivity index is 3.15. The summed E-state index contributed by atoms with van der Waals surface area (Å²) in [6.07, 6.45) is -2.35. The zero-order valence-corrected chi connectivity index (χ0v) is 9.82. The van der Waals surface area contributed by atoms with Gasteiger partial charge in [0.2, 0.25) is 0 Å². The second-order valence-corrected chi connectivity index (χ2v) is 3.47. The number of nitrogens with zero attached hydrogens (tertiary/aromatic N) is 1. The maximum Gasteiger partial charge on any atom is 0.310 e. The van der Waals surface area contributed by atoms with Crippen LogP contribution >= 0.6 is 0 Å². The first-order valence-electron chi connectivity index (χ1n) is 5.34. The number of halogens is 2. The van der Waals surface area contributed by atoms with Gasteiger partial charge < -0.3 is 15.6 Å². The molecule has 7 heteroatoms. The monoisotopic (exact) mass is 260 g/mol. The lowest BCUT2D eigenvalue weighted by Crippen LogP contribution is -2.12. The summed E-state index contributed by atoms with van der Waals surface area (Å²) in [7, 11) is 0. The average molecular weight is 260 g/mol. The van der Waals surface area contributed by atoms with Crippen LogP contribution in [-0.2, 0) is 22.5 Å². The number of aromatic nitrogens is 1. The molecule has 1 aromatic heterocycles. The van der Waals surface area contributed by atoms with Crippen molar-refractivity contribution in [3.8, 4) is 5.75 Å². The lowest BCUT2D eigenvalue weighted by Gasteiger charge is -2.12. The minimum Gasteiger partial charge on any atom is -0.506 e. The smallest absolute Gasteiger partial charge is 0.310 e. The van der Waals surface area contributed by atoms with Crippen LogP contribution in [0, 0.1) is 0 Å². The van der Waals surface area contributed by atoms with Gasteiger partial charge in [-0.15, -0.1) is 0 Å². The summed E-state index contributed by atoms with van der Waals surface area (Å²) < 4.78 is 30.2. The lowest BCUT2D eigenvalue weighted by atomic mass is 10.0. The topological polar surface area (TPSA) is 85.4 Å². The molecule has 0 aliphatic rings. The first-order chi connectivity index (χ1) is 8.51. The van der Waals surface area contributed by atoms with Gasteiger partial charge in [0, 0.05) is 23.9 Å². The Bertz CT molecular complexity index is 439. The van der Waals surface area contributed by atoms with Crippen LogP contribution in [0.1, 0.15) is 30.2 Å². The third kappa shape index (κ3) is 3.13. The molecular formula is C11H14F2N2O3. The predicted octanol–water partition coefficient (Wildman–Crippen LogP) is 1.29. The van der Waals surface area contributed by atoms with Crippen LogP contribution in [0.3, 0.4) is 0 Å². The Morgan fingerprint density at radius 2 is 2.28 bits per heavy atom. The molecule has 5 nitrogen and oxygen atoms in total. The van der Waals surface area contributed by atoms with E-state index in [4.69, 9.17) is 5.73 Å². The van der Waals surface area contributed by atoms with Gasteiger partial charge in [-0.05, 0) is 6.92 Å². The van der Waals surface area contributed by atoms with E-state index in [-0.39, 0.29) is 24.4 Å². The highest BCUT2D eigenvalue weighted by atomic mass is 19.3. The van der Waals surface area contributed by atoms with Crippen molar-refractivity contribution in [1.82, 2.24) is 4.98 Å². The zero-order chi connectivity index (χ0) is 13.7. The van der Waals surface area contributed by atoms with Gasteiger partial charge in [0.1, 0.15) is 5.75 Å². The molecule has 0 unspecified atom stereocenters. The molecule has 3 N–H and O–H groups in total. The van der Waals surface area contributed by atoms with Gasteiger partial charge in [-0.25, -0.2) is 8.78 Å². The fourth-order valence-corrected chi connectivity index (χ4v) is 1.48. The van der Waals surface area contributed by atoms with Crippen LogP contribution in [0.15, 0.2) is 6.20 Å². The van der Waals surface area contributed by atoms with Gasteiger partial charge in [-0.1, -0.05) is 0 Å². The van der Waals surface area contributed by atoms with Crippen LogP contribution < -0.4 is 5.73 Å². The van der Waals surface area contributed by atoms with Crippen molar-refractivity contribution in [2.75, 3.05) is 6.61 Å². The van der Waals surface area contributed by atoms with Gasteiger partial charge in [0.05, 0.1) is 18.7 Å². The highest BCUT2D eigenvalue weighted by molar-refractivity contribution is 5.74. The maximum absolute atomic E-state index is 12.7. The number of alkyl halides is 2. The SMILES string of the molecule is CCOC(=O)Cc1c(C(F)F)cnc(CN)c1O. The number of aromatic hydroxyl groups is 1. The first kappa shape index (κ1) is 14.3. The van der Waals surface area contributed by atoms with E-state index in [1.807, 2.05) is 0 Å². The molecular weight excluding hydrogens is 246 g/mol. The van der Waals surface area contributed by atoms with Gasteiger partial charge >= 0.3 is 5.97 Å². The summed E-state index contributed by atoms with van der Waals surface area (Å²) in [6, 6.07) is 0. The van der Waals surface area contributed by atoms with Crippen molar-refractivity contribution in [3.63, 3.8) is 0 Å². The molecule has 1 heterocycles. The van der Waals surface area contributed by atoms with Crippen molar-refractivity contribution in [2.45, 2.75) is 26.3 Å². The summed E-state index contributed by atoms with van der Waals surface area (Å²) in [5.41, 5.74) is 4.71. The fourth-order valence-electron chi connectivity index (χ4n) is 1.48. The highest BCUT2D eigenvalue weighted by Crippen LogP contribution is 2.31. The summed E-state index contributed by atoms with van der Waals surface area (Å²) in [5.74, 6) is -1.16. The van der Waals surface area contributed by atoms with E-state index in [0.29, 0.717) is 0 Å². The number of ether oxygens (including phenoxy) is 1. The number of esters is 1. The fraction of sp³-hybridized carbons (Fsp3) is 0.455. The van der Waals surface area contributed by atoms with E-state index in [0.717, 1.165) is 6.20 Å². The van der Waals surface area contributed by atoms with E-state index >= 15 is 0 Å². The number of hydrogen-bond donors (Lipinski definition) is 2. The third-order valence-electron chi connectivity index (χ3n) is 2.32. The molecule has 0 spiro atoms. The van der Waals surface area contributed by atoms with Gasteiger partial charge in [-0.2, -0.15) is 0 Å². The standard InChI is InChI=1S/C11H14F2N2O3/c1-2-18-9(16)3-6-7(11(12)13)5-15-8(4-14)10(6)17/h5,11,17H,2-4,14H2,1H3. The summed E-state index contributed by atoms with van der Waals surface area (Å²) >= 11 is 0. The van der Waals surface area contributed by atoms with Crippen LogP contribution in [0.25, 0.3) is 0 Å². The highest BCUT2D eigenvalue weighted by Gasteiger charge is 2.22. The number of nitrogens with two attached hydrogens (primary N) is 1.